The van der Waals surface area contributed by atoms with Gasteiger partial charge in [0.15, 0.2) is 0 Å². The standard InChI is InChI=1S/C13H24O2/c1-9-4-3-5-11(8-9)12(14)13(15-2)10-6-7-10/h9-14H,3-8H2,1-2H3. The molecule has 1 N–H and O–H groups in total. The van der Waals surface area contributed by atoms with E-state index in [2.05, 4.69) is 6.92 Å². The molecule has 0 saturated heterocycles. The van der Waals surface area contributed by atoms with E-state index in [1.807, 2.05) is 0 Å². The molecular weight excluding hydrogens is 188 g/mol. The molecule has 2 nitrogen and oxygen atoms in total. The molecule has 2 saturated carbocycles. The van der Waals surface area contributed by atoms with Gasteiger partial charge in [-0.3, -0.25) is 0 Å². The summed E-state index contributed by atoms with van der Waals surface area (Å²) in [6, 6.07) is 0. The molecule has 2 aliphatic rings. The smallest absolute Gasteiger partial charge is 0.0860 e. The average Bonchev–Trinajstić information content (AvgIpc) is 3.03. The van der Waals surface area contributed by atoms with E-state index in [4.69, 9.17) is 4.74 Å². The van der Waals surface area contributed by atoms with Crippen molar-refractivity contribution in [3.8, 4) is 0 Å². The van der Waals surface area contributed by atoms with E-state index in [1.54, 1.807) is 7.11 Å². The van der Waals surface area contributed by atoms with E-state index in [1.165, 1.54) is 38.5 Å². The Morgan fingerprint density at radius 2 is 1.87 bits per heavy atom. The molecule has 4 unspecified atom stereocenters. The number of methoxy groups -OCH3 is 1. The predicted octanol–water partition coefficient (Wildman–Crippen LogP) is 2.60. The molecule has 0 radical (unpaired) electrons. The highest BCUT2D eigenvalue weighted by Gasteiger charge is 2.40. The first-order valence-electron chi connectivity index (χ1n) is 6.43. The van der Waals surface area contributed by atoms with Crippen LogP contribution in [0.5, 0.6) is 0 Å². The summed E-state index contributed by atoms with van der Waals surface area (Å²) in [5.41, 5.74) is 0. The van der Waals surface area contributed by atoms with Crippen LogP contribution in [0.3, 0.4) is 0 Å². The van der Waals surface area contributed by atoms with Gasteiger partial charge in [-0.15, -0.1) is 0 Å². The highest BCUT2D eigenvalue weighted by atomic mass is 16.5. The first-order chi connectivity index (χ1) is 7.22. The lowest BCUT2D eigenvalue weighted by Crippen LogP contribution is -2.38. The Morgan fingerprint density at radius 1 is 1.13 bits per heavy atom. The van der Waals surface area contributed by atoms with Crippen LogP contribution >= 0.6 is 0 Å². The molecule has 2 heteroatoms. The summed E-state index contributed by atoms with van der Waals surface area (Å²) in [7, 11) is 1.75. The molecule has 88 valence electrons. The van der Waals surface area contributed by atoms with Crippen LogP contribution in [0, 0.1) is 17.8 Å². The SMILES string of the molecule is COC(C1CC1)C(O)C1CCCC(C)C1. The fraction of sp³-hybridized carbons (Fsp3) is 1.00. The molecule has 0 aliphatic heterocycles. The van der Waals surface area contributed by atoms with Crippen LogP contribution in [0.15, 0.2) is 0 Å². The van der Waals surface area contributed by atoms with Gasteiger partial charge < -0.3 is 9.84 Å². The van der Waals surface area contributed by atoms with E-state index in [9.17, 15) is 5.11 Å². The fourth-order valence-corrected chi connectivity index (χ4v) is 3.09. The van der Waals surface area contributed by atoms with E-state index in [0.717, 1.165) is 5.92 Å². The minimum absolute atomic E-state index is 0.111. The Morgan fingerprint density at radius 3 is 2.40 bits per heavy atom. The maximum absolute atomic E-state index is 10.3. The van der Waals surface area contributed by atoms with Crippen LogP contribution in [-0.4, -0.2) is 24.4 Å². The molecular formula is C13H24O2. The van der Waals surface area contributed by atoms with Crippen molar-refractivity contribution < 1.29 is 9.84 Å². The Labute approximate surface area is 93.0 Å². The summed E-state index contributed by atoms with van der Waals surface area (Å²) in [6.07, 6.45) is 7.39. The lowest BCUT2D eigenvalue weighted by atomic mass is 9.77. The molecule has 4 atom stereocenters. The second-order valence-electron chi connectivity index (χ2n) is 5.56. The minimum atomic E-state index is -0.217. The van der Waals surface area contributed by atoms with Crippen LogP contribution in [0.1, 0.15) is 45.4 Å². The van der Waals surface area contributed by atoms with Crippen molar-refractivity contribution in [1.29, 1.82) is 0 Å². The second kappa shape index (κ2) is 4.84. The molecule has 2 aliphatic carbocycles. The average molecular weight is 212 g/mol. The topological polar surface area (TPSA) is 29.5 Å². The Hall–Kier alpha value is -0.0800. The Bertz CT molecular complexity index is 201. The van der Waals surface area contributed by atoms with Crippen LogP contribution in [0.2, 0.25) is 0 Å². The zero-order valence-electron chi connectivity index (χ0n) is 9.98. The summed E-state index contributed by atoms with van der Waals surface area (Å²) >= 11 is 0. The first-order valence-corrected chi connectivity index (χ1v) is 6.43. The summed E-state index contributed by atoms with van der Waals surface area (Å²) < 4.78 is 5.47. The molecule has 2 fully saturated rings. The minimum Gasteiger partial charge on any atom is -0.390 e. The van der Waals surface area contributed by atoms with Gasteiger partial charge in [0.1, 0.15) is 0 Å². The van der Waals surface area contributed by atoms with Gasteiger partial charge in [0, 0.05) is 7.11 Å². The maximum atomic E-state index is 10.3. The van der Waals surface area contributed by atoms with Crippen molar-refractivity contribution in [3.05, 3.63) is 0 Å². The number of hydrogen-bond acceptors (Lipinski definition) is 2. The van der Waals surface area contributed by atoms with Crippen molar-refractivity contribution in [2.75, 3.05) is 7.11 Å². The summed E-state index contributed by atoms with van der Waals surface area (Å²) in [6.45, 7) is 2.30. The van der Waals surface area contributed by atoms with Gasteiger partial charge in [0.2, 0.25) is 0 Å². The highest BCUT2D eigenvalue weighted by molar-refractivity contribution is 4.90. The first kappa shape index (κ1) is 11.4. The van der Waals surface area contributed by atoms with Crippen LogP contribution in [0.25, 0.3) is 0 Å². The summed E-state index contributed by atoms with van der Waals surface area (Å²) in [5, 5.41) is 10.3. The van der Waals surface area contributed by atoms with Gasteiger partial charge in [-0.05, 0) is 43.4 Å². The molecule has 2 rings (SSSR count). The van der Waals surface area contributed by atoms with Gasteiger partial charge in [-0.1, -0.05) is 19.8 Å². The van der Waals surface area contributed by atoms with Gasteiger partial charge in [0.25, 0.3) is 0 Å². The molecule has 0 spiro atoms. The van der Waals surface area contributed by atoms with Crippen molar-refractivity contribution in [1.82, 2.24) is 0 Å². The van der Waals surface area contributed by atoms with Gasteiger partial charge in [0.05, 0.1) is 12.2 Å². The van der Waals surface area contributed by atoms with E-state index < -0.39 is 0 Å². The van der Waals surface area contributed by atoms with Crippen molar-refractivity contribution >= 4 is 0 Å². The molecule has 0 heterocycles. The van der Waals surface area contributed by atoms with Gasteiger partial charge in [-0.25, -0.2) is 0 Å². The van der Waals surface area contributed by atoms with Crippen LogP contribution in [-0.2, 0) is 4.74 Å². The molecule has 0 amide bonds. The zero-order valence-corrected chi connectivity index (χ0v) is 9.98. The normalized spacial score (nSPS) is 36.2. The van der Waals surface area contributed by atoms with E-state index >= 15 is 0 Å². The fourth-order valence-electron chi connectivity index (χ4n) is 3.09. The highest BCUT2D eigenvalue weighted by Crippen LogP contribution is 2.40. The number of aliphatic hydroxyl groups excluding tert-OH is 1. The van der Waals surface area contributed by atoms with Crippen LogP contribution < -0.4 is 0 Å². The van der Waals surface area contributed by atoms with E-state index in [0.29, 0.717) is 11.8 Å². The number of ether oxygens (including phenoxy) is 1. The second-order valence-corrected chi connectivity index (χ2v) is 5.56. The molecule has 15 heavy (non-hydrogen) atoms. The summed E-state index contributed by atoms with van der Waals surface area (Å²) in [5.74, 6) is 1.91. The Balaban J connectivity index is 1.89. The maximum Gasteiger partial charge on any atom is 0.0860 e. The third-order valence-corrected chi connectivity index (χ3v) is 4.16. The monoisotopic (exact) mass is 212 g/mol. The Kier molecular flexibility index (Phi) is 3.68. The van der Waals surface area contributed by atoms with E-state index in [-0.39, 0.29) is 12.2 Å². The lowest BCUT2D eigenvalue weighted by Gasteiger charge is -2.34. The quantitative estimate of drug-likeness (QED) is 0.776. The molecule has 0 aromatic rings. The van der Waals surface area contributed by atoms with Crippen molar-refractivity contribution in [3.63, 3.8) is 0 Å². The van der Waals surface area contributed by atoms with Gasteiger partial charge >= 0.3 is 0 Å². The zero-order chi connectivity index (χ0) is 10.8. The van der Waals surface area contributed by atoms with Crippen molar-refractivity contribution in [2.24, 2.45) is 17.8 Å². The number of aliphatic hydroxyl groups is 1. The largest absolute Gasteiger partial charge is 0.390 e. The molecule has 0 aromatic carbocycles. The molecule has 0 bridgehead atoms. The number of rotatable bonds is 4. The predicted molar refractivity (Wildman–Crippen MR) is 60.6 cm³/mol. The number of hydrogen-bond donors (Lipinski definition) is 1. The summed E-state index contributed by atoms with van der Waals surface area (Å²) in [4.78, 5) is 0. The van der Waals surface area contributed by atoms with Crippen molar-refractivity contribution in [2.45, 2.75) is 57.7 Å². The van der Waals surface area contributed by atoms with Crippen LogP contribution in [0.4, 0.5) is 0 Å². The third kappa shape index (κ3) is 2.73. The van der Waals surface area contributed by atoms with Gasteiger partial charge in [-0.2, -0.15) is 0 Å². The third-order valence-electron chi connectivity index (χ3n) is 4.16. The molecule has 0 aromatic heterocycles. The lowest BCUT2D eigenvalue weighted by molar-refractivity contribution is -0.0633.